The molecule has 1 heterocycles. The van der Waals surface area contributed by atoms with Crippen molar-refractivity contribution in [3.05, 3.63) is 63.1 Å². The minimum atomic E-state index is -0.833. The monoisotopic (exact) mass is 404 g/mol. The van der Waals surface area contributed by atoms with E-state index in [1.807, 2.05) is 0 Å². The number of hydrogen-bond donors (Lipinski definition) is 1. The number of nitrogens with zero attached hydrogens (tertiary/aromatic N) is 1. The van der Waals surface area contributed by atoms with E-state index >= 15 is 0 Å². The van der Waals surface area contributed by atoms with Gasteiger partial charge in [0, 0.05) is 5.02 Å². The molecule has 1 N–H and O–H groups in total. The third-order valence-corrected chi connectivity index (χ3v) is 4.77. The normalized spacial score (nSPS) is 15.9. The molecule has 8 heteroatoms. The maximum absolute atomic E-state index is 12.9. The molecule has 138 valence electrons. The Kier molecular flexibility index (Phi) is 5.21. The average Bonchev–Trinajstić information content (AvgIpc) is 2.62. The number of carbonyl (C=O) groups is 3. The summed E-state index contributed by atoms with van der Waals surface area (Å²) in [5, 5.41) is 2.90. The van der Waals surface area contributed by atoms with Crippen molar-refractivity contribution in [1.29, 1.82) is 0 Å². The predicted octanol–water partition coefficient (Wildman–Crippen LogP) is 3.98. The van der Waals surface area contributed by atoms with Crippen molar-refractivity contribution in [3.8, 4) is 5.75 Å². The first kappa shape index (κ1) is 18.9. The molecule has 1 aliphatic heterocycles. The van der Waals surface area contributed by atoms with Crippen molar-refractivity contribution < 1.29 is 19.1 Å². The fraction of sp³-hybridized carbons (Fsp3) is 0.105. The maximum atomic E-state index is 12.9. The molecular formula is C19H14Cl2N2O4. The summed E-state index contributed by atoms with van der Waals surface area (Å²) in [5.41, 5.74) is 1.16. The van der Waals surface area contributed by atoms with Crippen LogP contribution in [-0.2, 0) is 9.59 Å². The topological polar surface area (TPSA) is 75.7 Å². The van der Waals surface area contributed by atoms with Crippen LogP contribution in [0.2, 0.25) is 10.0 Å². The van der Waals surface area contributed by atoms with Crippen LogP contribution >= 0.6 is 23.2 Å². The molecule has 1 saturated heterocycles. The molecule has 6 nitrogen and oxygen atoms in total. The highest BCUT2D eigenvalue weighted by Crippen LogP contribution is 2.30. The van der Waals surface area contributed by atoms with Crippen LogP contribution in [0.25, 0.3) is 6.08 Å². The van der Waals surface area contributed by atoms with E-state index in [2.05, 4.69) is 5.32 Å². The fourth-order valence-corrected chi connectivity index (χ4v) is 3.09. The summed E-state index contributed by atoms with van der Waals surface area (Å²) in [6, 6.07) is 8.83. The van der Waals surface area contributed by atoms with Crippen LogP contribution in [0.3, 0.4) is 0 Å². The summed E-state index contributed by atoms with van der Waals surface area (Å²) in [6.45, 7) is 1.68. The van der Waals surface area contributed by atoms with Crippen LogP contribution in [0.15, 0.2) is 42.0 Å². The molecule has 1 aliphatic rings. The zero-order chi connectivity index (χ0) is 19.7. The molecule has 2 aromatic rings. The SMILES string of the molecule is COc1ccc(/C=C2\C(=O)NC(=O)N(c3cccc(Cl)c3C)C2=O)cc1Cl. The molecule has 3 rings (SSSR count). The van der Waals surface area contributed by atoms with Gasteiger partial charge < -0.3 is 4.74 Å². The minimum Gasteiger partial charge on any atom is -0.495 e. The summed E-state index contributed by atoms with van der Waals surface area (Å²) in [6.07, 6.45) is 1.36. The van der Waals surface area contributed by atoms with E-state index in [1.165, 1.54) is 13.2 Å². The number of barbiturate groups is 1. The van der Waals surface area contributed by atoms with E-state index in [9.17, 15) is 14.4 Å². The van der Waals surface area contributed by atoms with Crippen LogP contribution in [0.4, 0.5) is 10.5 Å². The number of nitrogens with one attached hydrogen (secondary N) is 1. The number of imide groups is 2. The lowest BCUT2D eigenvalue weighted by atomic mass is 10.1. The molecule has 0 aliphatic carbocycles. The number of hydrogen-bond acceptors (Lipinski definition) is 4. The van der Waals surface area contributed by atoms with E-state index in [0.29, 0.717) is 32.6 Å². The molecule has 0 unspecified atom stereocenters. The van der Waals surface area contributed by atoms with Crippen molar-refractivity contribution in [2.45, 2.75) is 6.92 Å². The van der Waals surface area contributed by atoms with Crippen LogP contribution in [0, 0.1) is 6.92 Å². The van der Waals surface area contributed by atoms with E-state index in [-0.39, 0.29) is 5.57 Å². The molecular weight excluding hydrogens is 391 g/mol. The van der Waals surface area contributed by atoms with E-state index in [4.69, 9.17) is 27.9 Å². The van der Waals surface area contributed by atoms with Crippen LogP contribution in [0.5, 0.6) is 5.75 Å². The molecule has 1 fully saturated rings. The maximum Gasteiger partial charge on any atom is 0.335 e. The van der Waals surface area contributed by atoms with Crippen molar-refractivity contribution in [2.24, 2.45) is 0 Å². The van der Waals surface area contributed by atoms with E-state index in [1.54, 1.807) is 43.3 Å². The van der Waals surface area contributed by atoms with Crippen molar-refractivity contribution >= 4 is 52.8 Å². The van der Waals surface area contributed by atoms with Gasteiger partial charge in [-0.3, -0.25) is 14.9 Å². The zero-order valence-corrected chi connectivity index (χ0v) is 15.9. The van der Waals surface area contributed by atoms with Crippen LogP contribution in [-0.4, -0.2) is 25.0 Å². The highest BCUT2D eigenvalue weighted by Gasteiger charge is 2.37. The van der Waals surface area contributed by atoms with Crippen molar-refractivity contribution in [3.63, 3.8) is 0 Å². The van der Waals surface area contributed by atoms with Gasteiger partial charge in [-0.1, -0.05) is 35.3 Å². The fourth-order valence-electron chi connectivity index (χ4n) is 2.65. The lowest BCUT2D eigenvalue weighted by Crippen LogP contribution is -2.54. The molecule has 0 saturated carbocycles. The van der Waals surface area contributed by atoms with Gasteiger partial charge in [0.1, 0.15) is 11.3 Å². The van der Waals surface area contributed by atoms with Gasteiger partial charge in [0.15, 0.2) is 0 Å². The summed E-state index contributed by atoms with van der Waals surface area (Å²) in [5.74, 6) is -1.07. The van der Waals surface area contributed by atoms with Crippen molar-refractivity contribution in [2.75, 3.05) is 12.0 Å². The highest BCUT2D eigenvalue weighted by atomic mass is 35.5. The van der Waals surface area contributed by atoms with Crippen molar-refractivity contribution in [1.82, 2.24) is 5.32 Å². The molecule has 0 radical (unpaired) electrons. The Morgan fingerprint density at radius 2 is 1.81 bits per heavy atom. The van der Waals surface area contributed by atoms with Gasteiger partial charge in [-0.2, -0.15) is 0 Å². The first-order valence-corrected chi connectivity index (χ1v) is 8.59. The summed E-state index contributed by atoms with van der Waals surface area (Å²) >= 11 is 12.2. The Morgan fingerprint density at radius 3 is 2.48 bits per heavy atom. The van der Waals surface area contributed by atoms with Crippen LogP contribution in [0.1, 0.15) is 11.1 Å². The van der Waals surface area contributed by atoms with Gasteiger partial charge in [-0.25, -0.2) is 9.69 Å². The van der Waals surface area contributed by atoms with Gasteiger partial charge in [0.25, 0.3) is 11.8 Å². The number of benzene rings is 2. The number of amides is 4. The number of rotatable bonds is 3. The molecule has 0 aromatic heterocycles. The number of carbonyl (C=O) groups excluding carboxylic acids is 3. The molecule has 0 spiro atoms. The first-order valence-electron chi connectivity index (χ1n) is 7.83. The number of urea groups is 1. The molecule has 0 bridgehead atoms. The Hall–Kier alpha value is -2.83. The van der Waals surface area contributed by atoms with Gasteiger partial charge in [-0.05, 0) is 48.4 Å². The first-order chi connectivity index (χ1) is 12.8. The predicted molar refractivity (Wildman–Crippen MR) is 103 cm³/mol. The molecule has 2 aromatic carbocycles. The second-order valence-corrected chi connectivity index (χ2v) is 6.55. The van der Waals surface area contributed by atoms with Gasteiger partial charge in [-0.15, -0.1) is 0 Å². The third-order valence-electron chi connectivity index (χ3n) is 4.07. The molecule has 27 heavy (non-hydrogen) atoms. The van der Waals surface area contributed by atoms with E-state index < -0.39 is 17.8 Å². The second-order valence-electron chi connectivity index (χ2n) is 5.74. The summed E-state index contributed by atoms with van der Waals surface area (Å²) < 4.78 is 5.08. The number of anilines is 1. The Bertz CT molecular complexity index is 1000. The quantitative estimate of drug-likeness (QED) is 0.619. The third kappa shape index (κ3) is 3.54. The van der Waals surface area contributed by atoms with Gasteiger partial charge in [0.05, 0.1) is 17.8 Å². The smallest absolute Gasteiger partial charge is 0.335 e. The zero-order valence-electron chi connectivity index (χ0n) is 14.4. The Labute approximate surface area is 165 Å². The number of methoxy groups -OCH3 is 1. The Balaban J connectivity index is 2.05. The second kappa shape index (κ2) is 7.42. The Morgan fingerprint density at radius 1 is 1.07 bits per heavy atom. The van der Waals surface area contributed by atoms with Crippen LogP contribution < -0.4 is 15.0 Å². The average molecular weight is 405 g/mol. The summed E-state index contributed by atoms with van der Waals surface area (Å²) in [7, 11) is 1.48. The lowest BCUT2D eigenvalue weighted by molar-refractivity contribution is -0.122. The van der Waals surface area contributed by atoms with Gasteiger partial charge >= 0.3 is 6.03 Å². The molecule has 0 atom stereocenters. The minimum absolute atomic E-state index is 0.199. The van der Waals surface area contributed by atoms with E-state index in [0.717, 1.165) is 4.90 Å². The number of halogens is 2. The van der Waals surface area contributed by atoms with Gasteiger partial charge in [0.2, 0.25) is 0 Å². The lowest BCUT2D eigenvalue weighted by Gasteiger charge is -2.27. The largest absolute Gasteiger partial charge is 0.495 e. The molecule has 4 amide bonds. The number of ether oxygens (including phenoxy) is 1. The highest BCUT2D eigenvalue weighted by molar-refractivity contribution is 6.40. The summed E-state index contributed by atoms with van der Waals surface area (Å²) in [4.78, 5) is 38.3. The standard InChI is InChI=1S/C19H14Cl2N2O4/c1-10-13(20)4-3-5-15(10)23-18(25)12(17(24)22-19(23)26)8-11-6-7-16(27-2)14(21)9-11/h3-9H,1-2H3,(H,22,24,26)/b12-8+.